The van der Waals surface area contributed by atoms with Crippen molar-refractivity contribution in [2.24, 2.45) is 0 Å². The summed E-state index contributed by atoms with van der Waals surface area (Å²) in [4.78, 5) is 20.7. The summed E-state index contributed by atoms with van der Waals surface area (Å²) in [5.74, 6) is 0. The number of hydrogen-bond acceptors (Lipinski definition) is 5. The fourth-order valence-electron chi connectivity index (χ4n) is 1.22. The highest BCUT2D eigenvalue weighted by Crippen LogP contribution is 1.95. The smallest absolute Gasteiger partial charge is 0.382 e. The van der Waals surface area contributed by atoms with Gasteiger partial charge in [-0.25, -0.2) is 0 Å². The normalized spacial score (nSPS) is 10.3. The standard InChI is InChI=1S/C12H26NO5/c1-3-15-9-5-7-11-17-13(14)18-12-8-6-10-16-4-2/h3-12H2,1-2H3/q+1. The van der Waals surface area contributed by atoms with Gasteiger partial charge in [0.2, 0.25) is 0 Å². The lowest BCUT2D eigenvalue weighted by molar-refractivity contribution is -0.981. The summed E-state index contributed by atoms with van der Waals surface area (Å²) in [6.07, 6.45) is 3.34. The van der Waals surface area contributed by atoms with Crippen molar-refractivity contribution in [3.05, 3.63) is 4.91 Å². The highest BCUT2D eigenvalue weighted by Gasteiger charge is 2.10. The van der Waals surface area contributed by atoms with Gasteiger partial charge in [-0.05, 0) is 39.5 Å². The Kier molecular flexibility index (Phi) is 13.5. The van der Waals surface area contributed by atoms with Gasteiger partial charge in [-0.15, -0.1) is 0 Å². The van der Waals surface area contributed by atoms with Gasteiger partial charge < -0.3 is 9.47 Å². The van der Waals surface area contributed by atoms with Crippen LogP contribution >= 0.6 is 0 Å². The summed E-state index contributed by atoms with van der Waals surface area (Å²) >= 11 is 0. The van der Waals surface area contributed by atoms with E-state index in [0.29, 0.717) is 26.4 Å². The van der Waals surface area contributed by atoms with Gasteiger partial charge in [-0.2, -0.15) is 9.68 Å². The van der Waals surface area contributed by atoms with Crippen LogP contribution in [0.2, 0.25) is 0 Å². The Morgan fingerprint density at radius 2 is 1.11 bits per heavy atom. The Labute approximate surface area is 109 Å². The van der Waals surface area contributed by atoms with E-state index in [1.807, 2.05) is 13.8 Å². The maximum Gasteiger partial charge on any atom is 0.477 e. The molecule has 0 atom stereocenters. The first-order valence-electron chi connectivity index (χ1n) is 6.69. The molecule has 0 fully saturated rings. The SMILES string of the molecule is CCOCCCCO[N+](=O)OCCCCOCC. The number of hydrogen-bond donors (Lipinski definition) is 0. The number of ether oxygens (including phenoxy) is 2. The molecular weight excluding hydrogens is 238 g/mol. The van der Waals surface area contributed by atoms with E-state index in [4.69, 9.17) is 19.1 Å². The van der Waals surface area contributed by atoms with Crippen molar-refractivity contribution in [2.75, 3.05) is 39.6 Å². The van der Waals surface area contributed by atoms with Crippen molar-refractivity contribution < 1.29 is 24.2 Å². The lowest BCUT2D eigenvalue weighted by atomic mass is 10.3. The molecule has 0 aliphatic heterocycles. The van der Waals surface area contributed by atoms with Crippen LogP contribution in [-0.4, -0.2) is 44.7 Å². The van der Waals surface area contributed by atoms with Crippen molar-refractivity contribution in [2.45, 2.75) is 39.5 Å². The summed E-state index contributed by atoms with van der Waals surface area (Å²) in [6.45, 7) is 7.47. The number of unbranched alkanes of at least 4 members (excludes halogenated alkanes) is 2. The molecule has 0 saturated carbocycles. The second kappa shape index (κ2) is 14.2. The fourth-order valence-corrected chi connectivity index (χ4v) is 1.22. The monoisotopic (exact) mass is 264 g/mol. The molecule has 0 unspecified atom stereocenters. The van der Waals surface area contributed by atoms with E-state index in [1.54, 1.807) is 0 Å². The Balaban J connectivity index is 3.12. The minimum atomic E-state index is 0.196. The molecule has 6 heteroatoms. The van der Waals surface area contributed by atoms with Crippen molar-refractivity contribution in [3.8, 4) is 0 Å². The molecule has 0 amide bonds. The topological polar surface area (TPSA) is 57.0 Å². The molecule has 0 aromatic rings. The second-order valence-electron chi connectivity index (χ2n) is 3.70. The number of nitrogens with zero attached hydrogens (tertiary/aromatic N) is 1. The Hall–Kier alpha value is -0.880. The van der Waals surface area contributed by atoms with Crippen LogP contribution in [0.1, 0.15) is 39.5 Å². The molecule has 0 spiro atoms. The summed E-state index contributed by atoms with van der Waals surface area (Å²) in [5.41, 5.74) is 0. The van der Waals surface area contributed by atoms with Crippen LogP contribution in [0.15, 0.2) is 0 Å². The van der Waals surface area contributed by atoms with Gasteiger partial charge in [0.1, 0.15) is 4.91 Å². The fraction of sp³-hybridized carbons (Fsp3) is 1.00. The van der Waals surface area contributed by atoms with Crippen molar-refractivity contribution in [1.82, 2.24) is 0 Å². The zero-order valence-corrected chi connectivity index (χ0v) is 11.6. The molecule has 0 aromatic carbocycles. The van der Waals surface area contributed by atoms with Gasteiger partial charge in [0, 0.05) is 26.4 Å². The van der Waals surface area contributed by atoms with E-state index in [9.17, 15) is 4.91 Å². The molecule has 0 bridgehead atoms. The third-order valence-electron chi connectivity index (χ3n) is 2.17. The van der Waals surface area contributed by atoms with E-state index in [2.05, 4.69) is 0 Å². The first-order valence-corrected chi connectivity index (χ1v) is 6.69. The van der Waals surface area contributed by atoms with Crippen LogP contribution in [-0.2, 0) is 19.1 Å². The van der Waals surface area contributed by atoms with Gasteiger partial charge in [-0.1, -0.05) is 0 Å². The van der Waals surface area contributed by atoms with Crippen molar-refractivity contribution >= 4 is 0 Å². The zero-order valence-electron chi connectivity index (χ0n) is 11.6. The molecule has 6 nitrogen and oxygen atoms in total. The van der Waals surface area contributed by atoms with Crippen molar-refractivity contribution in [3.63, 3.8) is 0 Å². The Morgan fingerprint density at radius 1 is 0.722 bits per heavy atom. The van der Waals surface area contributed by atoms with E-state index in [0.717, 1.165) is 38.9 Å². The highest BCUT2D eigenvalue weighted by atomic mass is 17.0. The van der Waals surface area contributed by atoms with Gasteiger partial charge in [0.25, 0.3) is 0 Å². The minimum absolute atomic E-state index is 0.196. The minimum Gasteiger partial charge on any atom is -0.382 e. The summed E-state index contributed by atoms with van der Waals surface area (Å²) < 4.78 is 10.3. The van der Waals surface area contributed by atoms with Crippen LogP contribution in [0, 0.1) is 4.91 Å². The molecule has 0 aliphatic rings. The van der Waals surface area contributed by atoms with E-state index >= 15 is 0 Å². The predicted molar refractivity (Wildman–Crippen MR) is 67.0 cm³/mol. The van der Waals surface area contributed by atoms with Crippen LogP contribution in [0.3, 0.4) is 0 Å². The highest BCUT2D eigenvalue weighted by molar-refractivity contribution is 4.36. The zero-order chi connectivity index (χ0) is 13.5. The van der Waals surface area contributed by atoms with E-state index in [1.165, 1.54) is 0 Å². The van der Waals surface area contributed by atoms with Crippen LogP contribution in [0.5, 0.6) is 0 Å². The molecule has 18 heavy (non-hydrogen) atoms. The molecule has 0 aromatic heterocycles. The van der Waals surface area contributed by atoms with E-state index < -0.39 is 0 Å². The summed E-state index contributed by atoms with van der Waals surface area (Å²) in [6, 6.07) is 0. The molecule has 0 rings (SSSR count). The van der Waals surface area contributed by atoms with Gasteiger partial charge >= 0.3 is 5.09 Å². The molecule has 0 saturated heterocycles. The van der Waals surface area contributed by atoms with Crippen LogP contribution < -0.4 is 0 Å². The van der Waals surface area contributed by atoms with Crippen LogP contribution in [0.25, 0.3) is 0 Å². The summed E-state index contributed by atoms with van der Waals surface area (Å²) in [7, 11) is 0. The Morgan fingerprint density at radius 3 is 1.50 bits per heavy atom. The van der Waals surface area contributed by atoms with Gasteiger partial charge in [-0.3, -0.25) is 0 Å². The number of rotatable bonds is 14. The molecule has 0 heterocycles. The first-order chi connectivity index (χ1) is 8.81. The van der Waals surface area contributed by atoms with E-state index in [-0.39, 0.29) is 5.09 Å². The predicted octanol–water partition coefficient (Wildman–Crippen LogP) is 2.26. The van der Waals surface area contributed by atoms with Crippen LogP contribution in [0.4, 0.5) is 0 Å². The quantitative estimate of drug-likeness (QED) is 0.356. The third-order valence-corrected chi connectivity index (χ3v) is 2.17. The van der Waals surface area contributed by atoms with Gasteiger partial charge in [0.15, 0.2) is 13.2 Å². The maximum absolute atomic E-state index is 11.0. The maximum atomic E-state index is 11.0. The second-order valence-corrected chi connectivity index (χ2v) is 3.70. The largest absolute Gasteiger partial charge is 0.477 e. The lowest BCUT2D eigenvalue weighted by Crippen LogP contribution is -2.13. The molecule has 0 aliphatic carbocycles. The lowest BCUT2D eigenvalue weighted by Gasteiger charge is -1.99. The molecule has 108 valence electrons. The average molecular weight is 264 g/mol. The molecular formula is C12H26NO5+. The average Bonchev–Trinajstić information content (AvgIpc) is 2.38. The van der Waals surface area contributed by atoms with Gasteiger partial charge in [0.05, 0.1) is 0 Å². The molecule has 0 radical (unpaired) electrons. The third kappa shape index (κ3) is 13.2. The summed E-state index contributed by atoms with van der Waals surface area (Å²) in [5, 5.41) is 0.196. The Bertz CT molecular complexity index is 171. The molecule has 0 N–H and O–H groups in total. The first kappa shape index (κ1) is 17.1. The van der Waals surface area contributed by atoms with Crippen molar-refractivity contribution in [1.29, 1.82) is 0 Å².